The third-order valence-corrected chi connectivity index (χ3v) is 7.38. The zero-order valence-electron chi connectivity index (χ0n) is 18.0. The van der Waals surface area contributed by atoms with Gasteiger partial charge in [-0.2, -0.15) is 0 Å². The highest BCUT2D eigenvalue weighted by atomic mass is 16.5. The molecule has 0 aromatic carbocycles. The molecule has 2 amide bonds. The molecule has 2 saturated carbocycles. The Morgan fingerprint density at radius 1 is 1.28 bits per heavy atom. The Bertz CT molecular complexity index is 773. The standard InChI is InChI=1S/C21H33N5O3/c1-20(2,17-13-26(24-23-17)16-7-10-25(3)19(16)28)22-18(27)14-5-8-21(9-6-14)11-15(12-21)29-4/h13-16H,5-12H2,1-4H3,(H,22,27). The number of amides is 2. The zero-order valence-corrected chi connectivity index (χ0v) is 18.0. The van der Waals surface area contributed by atoms with Crippen LogP contribution in [-0.4, -0.2) is 58.5 Å². The van der Waals surface area contributed by atoms with E-state index >= 15 is 0 Å². The molecule has 1 unspecified atom stereocenters. The second-order valence-corrected chi connectivity index (χ2v) is 9.80. The van der Waals surface area contributed by atoms with Crippen LogP contribution in [0, 0.1) is 11.3 Å². The van der Waals surface area contributed by atoms with E-state index < -0.39 is 5.54 Å². The Balaban J connectivity index is 1.34. The smallest absolute Gasteiger partial charge is 0.247 e. The van der Waals surface area contributed by atoms with Crippen LogP contribution in [0.15, 0.2) is 6.20 Å². The SMILES string of the molecule is COC1CC2(CCC(C(=O)NC(C)(C)c3cn(C4CCN(C)C4=O)nn3)CC2)C1. The lowest BCUT2D eigenvalue weighted by atomic mass is 9.57. The van der Waals surface area contributed by atoms with E-state index in [1.54, 1.807) is 29.9 Å². The summed E-state index contributed by atoms with van der Waals surface area (Å²) in [5.74, 6) is 0.214. The van der Waals surface area contributed by atoms with Crippen LogP contribution in [0.1, 0.15) is 70.5 Å². The number of ether oxygens (including phenoxy) is 1. The maximum atomic E-state index is 12.9. The van der Waals surface area contributed by atoms with Gasteiger partial charge in [0, 0.05) is 26.6 Å². The largest absolute Gasteiger partial charge is 0.381 e. The molecular formula is C21H33N5O3. The predicted molar refractivity (Wildman–Crippen MR) is 107 cm³/mol. The summed E-state index contributed by atoms with van der Waals surface area (Å²) in [4.78, 5) is 26.9. The van der Waals surface area contributed by atoms with Crippen LogP contribution >= 0.6 is 0 Å². The number of rotatable bonds is 5. The number of carbonyl (C=O) groups excluding carboxylic acids is 2. The first-order valence-electron chi connectivity index (χ1n) is 10.8. The minimum atomic E-state index is -0.629. The number of hydrogen-bond donors (Lipinski definition) is 1. The summed E-state index contributed by atoms with van der Waals surface area (Å²) in [6.07, 6.45) is 9.33. The summed E-state index contributed by atoms with van der Waals surface area (Å²) >= 11 is 0. The van der Waals surface area contributed by atoms with E-state index in [4.69, 9.17) is 4.74 Å². The molecule has 1 atom stereocenters. The van der Waals surface area contributed by atoms with Crippen LogP contribution in [0.25, 0.3) is 0 Å². The summed E-state index contributed by atoms with van der Waals surface area (Å²) in [7, 11) is 3.59. The molecule has 8 heteroatoms. The van der Waals surface area contributed by atoms with Crippen molar-refractivity contribution in [3.8, 4) is 0 Å². The van der Waals surface area contributed by atoms with Gasteiger partial charge in [-0.15, -0.1) is 5.10 Å². The van der Waals surface area contributed by atoms with Gasteiger partial charge < -0.3 is 15.0 Å². The third-order valence-electron chi connectivity index (χ3n) is 7.38. The van der Waals surface area contributed by atoms with Gasteiger partial charge in [-0.25, -0.2) is 4.68 Å². The van der Waals surface area contributed by atoms with Gasteiger partial charge in [0.2, 0.25) is 11.8 Å². The highest BCUT2D eigenvalue weighted by Gasteiger charge is 2.47. The molecule has 1 N–H and O–H groups in total. The van der Waals surface area contributed by atoms with Gasteiger partial charge in [0.15, 0.2) is 0 Å². The van der Waals surface area contributed by atoms with Crippen molar-refractivity contribution in [2.75, 3.05) is 20.7 Å². The second kappa shape index (κ2) is 7.38. The number of likely N-dealkylation sites (N-methyl/N-ethyl adjacent to an activating group) is 1. The molecule has 0 radical (unpaired) electrons. The average molecular weight is 404 g/mol. The quantitative estimate of drug-likeness (QED) is 0.812. The molecule has 1 aromatic rings. The van der Waals surface area contributed by atoms with Gasteiger partial charge in [0.1, 0.15) is 11.7 Å². The number of nitrogens with zero attached hydrogens (tertiary/aromatic N) is 4. The van der Waals surface area contributed by atoms with E-state index in [1.165, 1.54) is 0 Å². The second-order valence-electron chi connectivity index (χ2n) is 9.80. The Morgan fingerprint density at radius 3 is 2.55 bits per heavy atom. The molecule has 29 heavy (non-hydrogen) atoms. The van der Waals surface area contributed by atoms with Gasteiger partial charge in [0.05, 0.1) is 17.8 Å². The van der Waals surface area contributed by atoms with Crippen LogP contribution in [-0.2, 0) is 19.9 Å². The molecule has 3 aliphatic rings. The Kier molecular flexibility index (Phi) is 5.17. The molecular weight excluding hydrogens is 370 g/mol. The molecule has 3 fully saturated rings. The first kappa shape index (κ1) is 20.3. The van der Waals surface area contributed by atoms with Gasteiger partial charge in [0.25, 0.3) is 0 Å². The fourth-order valence-corrected chi connectivity index (χ4v) is 5.21. The third kappa shape index (κ3) is 3.79. The fourth-order valence-electron chi connectivity index (χ4n) is 5.21. The number of methoxy groups -OCH3 is 1. The number of likely N-dealkylation sites (tertiary alicyclic amines) is 1. The van der Waals surface area contributed by atoms with E-state index in [1.807, 2.05) is 13.8 Å². The number of aromatic nitrogens is 3. The molecule has 2 heterocycles. The fraction of sp³-hybridized carbons (Fsp3) is 0.810. The van der Waals surface area contributed by atoms with Gasteiger partial charge in [-0.1, -0.05) is 5.21 Å². The highest BCUT2D eigenvalue weighted by Crippen LogP contribution is 2.53. The van der Waals surface area contributed by atoms with Gasteiger partial charge in [-0.05, 0) is 64.2 Å². The van der Waals surface area contributed by atoms with E-state index in [9.17, 15) is 9.59 Å². The first-order chi connectivity index (χ1) is 13.7. The van der Waals surface area contributed by atoms with Crippen molar-refractivity contribution >= 4 is 11.8 Å². The van der Waals surface area contributed by atoms with E-state index in [2.05, 4.69) is 15.6 Å². The number of hydrogen-bond acceptors (Lipinski definition) is 5. The molecule has 8 nitrogen and oxygen atoms in total. The van der Waals surface area contributed by atoms with Crippen molar-refractivity contribution in [1.82, 2.24) is 25.2 Å². The first-order valence-corrected chi connectivity index (χ1v) is 10.8. The van der Waals surface area contributed by atoms with Crippen molar-refractivity contribution in [2.45, 2.75) is 76.5 Å². The van der Waals surface area contributed by atoms with E-state index in [0.29, 0.717) is 17.2 Å². The summed E-state index contributed by atoms with van der Waals surface area (Å²) in [6, 6.07) is -0.291. The summed E-state index contributed by atoms with van der Waals surface area (Å²) in [6.45, 7) is 4.62. The average Bonchev–Trinajstić information content (AvgIpc) is 3.27. The van der Waals surface area contributed by atoms with Gasteiger partial charge in [-0.3, -0.25) is 9.59 Å². The number of nitrogens with one attached hydrogen (secondary N) is 1. The molecule has 0 bridgehead atoms. The van der Waals surface area contributed by atoms with Crippen molar-refractivity contribution in [2.24, 2.45) is 11.3 Å². The van der Waals surface area contributed by atoms with Crippen molar-refractivity contribution < 1.29 is 14.3 Å². The minimum absolute atomic E-state index is 0.0570. The van der Waals surface area contributed by atoms with E-state index in [-0.39, 0.29) is 23.8 Å². The molecule has 1 aromatic heterocycles. The van der Waals surface area contributed by atoms with Crippen molar-refractivity contribution in [1.29, 1.82) is 0 Å². The number of carbonyl (C=O) groups is 2. The molecule has 1 spiro atoms. The Morgan fingerprint density at radius 2 is 1.97 bits per heavy atom. The lowest BCUT2D eigenvalue weighted by Gasteiger charge is -2.50. The van der Waals surface area contributed by atoms with Crippen LogP contribution in [0.5, 0.6) is 0 Å². The summed E-state index contributed by atoms with van der Waals surface area (Å²) in [5.41, 5.74) is 0.467. The van der Waals surface area contributed by atoms with Crippen LogP contribution in [0.4, 0.5) is 0 Å². The van der Waals surface area contributed by atoms with Crippen LogP contribution in [0.2, 0.25) is 0 Å². The highest BCUT2D eigenvalue weighted by molar-refractivity contribution is 5.82. The monoisotopic (exact) mass is 403 g/mol. The topological polar surface area (TPSA) is 89.4 Å². The maximum absolute atomic E-state index is 12.9. The van der Waals surface area contributed by atoms with E-state index in [0.717, 1.165) is 51.5 Å². The predicted octanol–water partition coefficient (Wildman–Crippen LogP) is 2.02. The Hall–Kier alpha value is -1.96. The lowest BCUT2D eigenvalue weighted by Crippen LogP contribution is -2.48. The van der Waals surface area contributed by atoms with Gasteiger partial charge >= 0.3 is 0 Å². The normalized spacial score (nSPS) is 32.5. The maximum Gasteiger partial charge on any atom is 0.247 e. The summed E-state index contributed by atoms with van der Waals surface area (Å²) < 4.78 is 7.08. The minimum Gasteiger partial charge on any atom is -0.381 e. The van der Waals surface area contributed by atoms with Crippen LogP contribution < -0.4 is 5.32 Å². The molecule has 4 rings (SSSR count). The lowest BCUT2D eigenvalue weighted by molar-refractivity contribution is -0.132. The molecule has 160 valence electrons. The Labute approximate surface area is 172 Å². The zero-order chi connectivity index (χ0) is 20.8. The van der Waals surface area contributed by atoms with Crippen LogP contribution in [0.3, 0.4) is 0 Å². The molecule has 1 aliphatic heterocycles. The molecule has 1 saturated heterocycles. The van der Waals surface area contributed by atoms with Crippen molar-refractivity contribution in [3.63, 3.8) is 0 Å². The van der Waals surface area contributed by atoms with Crippen molar-refractivity contribution in [3.05, 3.63) is 11.9 Å². The molecule has 2 aliphatic carbocycles. The summed E-state index contributed by atoms with van der Waals surface area (Å²) in [5, 5.41) is 11.6.